The lowest BCUT2D eigenvalue weighted by atomic mass is 10.2. The number of hydrogen-bond acceptors (Lipinski definition) is 6. The monoisotopic (exact) mass is 481 g/mol. The zero-order valence-corrected chi connectivity index (χ0v) is 19.1. The van der Waals surface area contributed by atoms with Crippen LogP contribution in [0.2, 0.25) is 5.02 Å². The van der Waals surface area contributed by atoms with Gasteiger partial charge in [0, 0.05) is 5.02 Å². The molecule has 0 saturated carbocycles. The maximum absolute atomic E-state index is 12.7. The predicted molar refractivity (Wildman–Crippen MR) is 126 cm³/mol. The first-order chi connectivity index (χ1) is 16.6. The maximum atomic E-state index is 12.7. The molecule has 3 aromatic carbocycles. The number of benzene rings is 3. The molecule has 1 amide bonds. The lowest BCUT2D eigenvalue weighted by Crippen LogP contribution is -2.34. The number of likely N-dealkylation sites (tertiary alicyclic amines) is 1. The highest BCUT2D eigenvalue weighted by Gasteiger charge is 2.40. The Morgan fingerprint density at radius 1 is 0.765 bits per heavy atom. The van der Waals surface area contributed by atoms with E-state index in [0.29, 0.717) is 10.8 Å². The Labute approximate surface area is 202 Å². The van der Waals surface area contributed by atoms with Gasteiger partial charge in [0.25, 0.3) is 0 Å². The van der Waals surface area contributed by atoms with Gasteiger partial charge < -0.3 is 23.8 Å². The summed E-state index contributed by atoms with van der Waals surface area (Å²) in [5.74, 6) is 0.542. The number of rotatable bonds is 7. The predicted octanol–water partition coefficient (Wildman–Crippen LogP) is 5.46. The molecule has 1 aliphatic heterocycles. The van der Waals surface area contributed by atoms with Gasteiger partial charge in [0.2, 0.25) is 0 Å². The second-order valence-corrected chi connectivity index (χ2v) is 8.17. The fourth-order valence-electron chi connectivity index (χ4n) is 3.49. The van der Waals surface area contributed by atoms with Gasteiger partial charge in [-0.3, -0.25) is 0 Å². The van der Waals surface area contributed by atoms with E-state index >= 15 is 0 Å². The molecule has 1 aliphatic rings. The summed E-state index contributed by atoms with van der Waals surface area (Å²) < 4.78 is 22.2. The normalized spacial score (nSPS) is 17.1. The largest absolute Gasteiger partial charge is 0.509 e. The number of nitrogens with zero attached hydrogens (tertiary/aromatic N) is 1. The van der Waals surface area contributed by atoms with E-state index in [9.17, 15) is 9.59 Å². The first-order valence-corrected chi connectivity index (χ1v) is 11.2. The number of carbonyl (C=O) groups is 2. The summed E-state index contributed by atoms with van der Waals surface area (Å²) >= 11 is 5.95. The van der Waals surface area contributed by atoms with E-state index < -0.39 is 24.5 Å². The third kappa shape index (κ3) is 6.65. The molecule has 34 heavy (non-hydrogen) atoms. The van der Waals surface area contributed by atoms with Crippen LogP contribution in [-0.2, 0) is 27.4 Å². The average Bonchev–Trinajstić information content (AvgIpc) is 3.26. The molecule has 0 N–H and O–H groups in total. The molecule has 3 aromatic rings. The lowest BCUT2D eigenvalue weighted by molar-refractivity contribution is -0.00734. The molecule has 0 bridgehead atoms. The summed E-state index contributed by atoms with van der Waals surface area (Å²) in [6.07, 6.45) is -2.69. The second kappa shape index (κ2) is 11.4. The summed E-state index contributed by atoms with van der Waals surface area (Å²) in [6.45, 7) is 0.528. The fraction of sp³-hybridized carbons (Fsp3) is 0.231. The second-order valence-electron chi connectivity index (χ2n) is 7.74. The summed E-state index contributed by atoms with van der Waals surface area (Å²) in [5.41, 5.74) is 1.72. The number of amides is 1. The van der Waals surface area contributed by atoms with E-state index in [1.807, 2.05) is 60.7 Å². The lowest BCUT2D eigenvalue weighted by Gasteiger charge is -2.20. The van der Waals surface area contributed by atoms with Gasteiger partial charge in [-0.15, -0.1) is 0 Å². The van der Waals surface area contributed by atoms with Crippen molar-refractivity contribution in [3.8, 4) is 5.75 Å². The molecule has 1 heterocycles. The summed E-state index contributed by atoms with van der Waals surface area (Å²) in [4.78, 5) is 26.5. The highest BCUT2D eigenvalue weighted by Crippen LogP contribution is 2.24. The van der Waals surface area contributed by atoms with Crippen molar-refractivity contribution in [3.05, 3.63) is 101 Å². The van der Waals surface area contributed by atoms with Gasteiger partial charge in [0.15, 0.2) is 12.2 Å². The van der Waals surface area contributed by atoms with Crippen molar-refractivity contribution in [2.45, 2.75) is 25.4 Å². The number of hydrogen-bond donors (Lipinski definition) is 0. The minimum atomic E-state index is -0.835. The van der Waals surface area contributed by atoms with Gasteiger partial charge >= 0.3 is 12.2 Å². The van der Waals surface area contributed by atoms with Gasteiger partial charge in [-0.1, -0.05) is 72.3 Å². The van der Waals surface area contributed by atoms with Gasteiger partial charge in [-0.05, 0) is 35.4 Å². The molecule has 0 aromatic heterocycles. The van der Waals surface area contributed by atoms with E-state index in [1.165, 1.54) is 4.90 Å². The van der Waals surface area contributed by atoms with Crippen LogP contribution in [-0.4, -0.2) is 42.4 Å². The van der Waals surface area contributed by atoms with Crippen molar-refractivity contribution in [1.29, 1.82) is 0 Å². The van der Waals surface area contributed by atoms with Crippen LogP contribution in [0.4, 0.5) is 9.59 Å². The van der Waals surface area contributed by atoms with Crippen molar-refractivity contribution >= 4 is 23.8 Å². The Morgan fingerprint density at radius 3 is 1.94 bits per heavy atom. The molecule has 2 atom stereocenters. The van der Waals surface area contributed by atoms with Gasteiger partial charge in [0.1, 0.15) is 19.0 Å². The molecule has 0 radical (unpaired) electrons. The topological polar surface area (TPSA) is 74.3 Å². The molecule has 1 saturated heterocycles. The molecule has 176 valence electrons. The Morgan fingerprint density at radius 2 is 1.32 bits per heavy atom. The molecular formula is C26H24ClNO6. The van der Waals surface area contributed by atoms with Crippen LogP contribution in [0.15, 0.2) is 84.9 Å². The maximum Gasteiger partial charge on any atom is 0.509 e. The SMILES string of the molecule is O=C(OCc1ccccc1)OC1CN(C(=O)OCc2ccccc2)CC1Oc1ccc(Cl)cc1. The van der Waals surface area contributed by atoms with E-state index in [4.69, 9.17) is 30.5 Å². The highest BCUT2D eigenvalue weighted by molar-refractivity contribution is 6.30. The first kappa shape index (κ1) is 23.4. The minimum absolute atomic E-state index is 0.0813. The average molecular weight is 482 g/mol. The van der Waals surface area contributed by atoms with E-state index in [0.717, 1.165) is 11.1 Å². The Hall–Kier alpha value is -3.71. The fourth-order valence-corrected chi connectivity index (χ4v) is 3.62. The molecule has 2 unspecified atom stereocenters. The molecule has 8 heteroatoms. The van der Waals surface area contributed by atoms with Crippen molar-refractivity contribution in [2.24, 2.45) is 0 Å². The van der Waals surface area contributed by atoms with Crippen LogP contribution in [0, 0.1) is 0 Å². The van der Waals surface area contributed by atoms with Gasteiger partial charge in [-0.2, -0.15) is 0 Å². The van der Waals surface area contributed by atoms with Crippen molar-refractivity contribution < 1.29 is 28.5 Å². The Kier molecular flexibility index (Phi) is 7.88. The number of ether oxygens (including phenoxy) is 4. The molecular weight excluding hydrogens is 458 g/mol. The van der Waals surface area contributed by atoms with E-state index in [-0.39, 0.29) is 26.3 Å². The van der Waals surface area contributed by atoms with Gasteiger partial charge in [-0.25, -0.2) is 9.59 Å². The third-order valence-corrected chi connectivity index (χ3v) is 5.48. The number of halogens is 1. The molecule has 0 spiro atoms. The van der Waals surface area contributed by atoms with Crippen LogP contribution in [0.1, 0.15) is 11.1 Å². The quantitative estimate of drug-likeness (QED) is 0.417. The van der Waals surface area contributed by atoms with Crippen LogP contribution in [0.5, 0.6) is 5.75 Å². The molecule has 1 fully saturated rings. The highest BCUT2D eigenvalue weighted by atomic mass is 35.5. The zero-order valence-electron chi connectivity index (χ0n) is 18.3. The molecule has 0 aliphatic carbocycles. The van der Waals surface area contributed by atoms with Crippen molar-refractivity contribution in [1.82, 2.24) is 4.90 Å². The number of carbonyl (C=O) groups excluding carboxylic acids is 2. The first-order valence-electron chi connectivity index (χ1n) is 10.8. The van der Waals surface area contributed by atoms with E-state index in [1.54, 1.807) is 24.3 Å². The summed E-state index contributed by atoms with van der Waals surface area (Å²) in [6, 6.07) is 25.5. The van der Waals surface area contributed by atoms with Crippen LogP contribution in [0.3, 0.4) is 0 Å². The minimum Gasteiger partial charge on any atom is -0.485 e. The summed E-state index contributed by atoms with van der Waals surface area (Å²) in [7, 11) is 0. The van der Waals surface area contributed by atoms with Crippen LogP contribution in [0.25, 0.3) is 0 Å². The van der Waals surface area contributed by atoms with Gasteiger partial charge in [0.05, 0.1) is 13.1 Å². The Bertz CT molecular complexity index is 1080. The molecule has 4 rings (SSSR count). The standard InChI is InChI=1S/C26H24ClNO6/c27-21-11-13-22(14-12-21)33-23-15-28(25(29)31-17-19-7-3-1-4-8-19)16-24(23)34-26(30)32-18-20-9-5-2-6-10-20/h1-14,23-24H,15-18H2. The molecule has 7 nitrogen and oxygen atoms in total. The third-order valence-electron chi connectivity index (χ3n) is 5.23. The van der Waals surface area contributed by atoms with Crippen molar-refractivity contribution in [2.75, 3.05) is 13.1 Å². The van der Waals surface area contributed by atoms with Crippen LogP contribution >= 0.6 is 11.6 Å². The summed E-state index contributed by atoms with van der Waals surface area (Å²) in [5, 5.41) is 0.571. The smallest absolute Gasteiger partial charge is 0.485 e. The Balaban J connectivity index is 1.37. The van der Waals surface area contributed by atoms with Crippen LogP contribution < -0.4 is 4.74 Å². The zero-order chi connectivity index (χ0) is 23.8. The van der Waals surface area contributed by atoms with E-state index in [2.05, 4.69) is 0 Å². The van der Waals surface area contributed by atoms with Crippen molar-refractivity contribution in [3.63, 3.8) is 0 Å².